The minimum Gasteiger partial charge on any atom is -0.352 e. The summed E-state index contributed by atoms with van der Waals surface area (Å²) in [5, 5.41) is 2.91. The molecule has 2 heterocycles. The molecular weight excluding hydrogens is 436 g/mol. The number of rotatable bonds is 6. The van der Waals surface area contributed by atoms with Crippen molar-refractivity contribution < 1.29 is 18.4 Å². The molecule has 1 N–H and O–H groups in total. The number of hydrogen-bond donors (Lipinski definition) is 1. The van der Waals surface area contributed by atoms with Gasteiger partial charge in [-0.2, -0.15) is 0 Å². The van der Waals surface area contributed by atoms with Crippen LogP contribution in [0.25, 0.3) is 0 Å². The van der Waals surface area contributed by atoms with Crippen molar-refractivity contribution in [1.82, 2.24) is 15.1 Å². The summed E-state index contributed by atoms with van der Waals surface area (Å²) in [6.07, 6.45) is 3.09. The van der Waals surface area contributed by atoms with E-state index in [-0.39, 0.29) is 35.3 Å². The first kappa shape index (κ1) is 24.3. The molecule has 1 unspecified atom stereocenters. The molecule has 0 aliphatic carbocycles. The monoisotopic (exact) mass is 469 g/mol. The average Bonchev–Trinajstić information content (AvgIpc) is 2.84. The third-order valence-corrected chi connectivity index (χ3v) is 7.03. The molecule has 2 aliphatic heterocycles. The fraction of sp³-hybridized carbons (Fsp3) is 0.481. The number of likely N-dealkylation sites (tertiary alicyclic amines) is 2. The van der Waals surface area contributed by atoms with Gasteiger partial charge in [0.2, 0.25) is 11.8 Å². The van der Waals surface area contributed by atoms with Crippen molar-refractivity contribution in [3.05, 3.63) is 70.8 Å². The molecule has 5 nitrogen and oxygen atoms in total. The minimum atomic E-state index is -0.268. The Balaban J connectivity index is 1.23. The Morgan fingerprint density at radius 2 is 1.76 bits per heavy atom. The first-order valence-corrected chi connectivity index (χ1v) is 12.2. The van der Waals surface area contributed by atoms with Crippen LogP contribution in [0, 0.1) is 30.4 Å². The quantitative estimate of drug-likeness (QED) is 0.695. The van der Waals surface area contributed by atoms with E-state index in [0.29, 0.717) is 51.1 Å². The smallest absolute Gasteiger partial charge is 0.226 e. The van der Waals surface area contributed by atoms with Crippen LogP contribution in [0.4, 0.5) is 8.78 Å². The van der Waals surface area contributed by atoms with Crippen molar-refractivity contribution in [3.8, 4) is 0 Å². The van der Waals surface area contributed by atoms with E-state index in [1.807, 2.05) is 17.0 Å². The summed E-state index contributed by atoms with van der Waals surface area (Å²) in [6, 6.07) is 11.6. The summed E-state index contributed by atoms with van der Waals surface area (Å²) in [7, 11) is 0. The van der Waals surface area contributed by atoms with Crippen molar-refractivity contribution >= 4 is 11.8 Å². The molecule has 0 spiro atoms. The predicted molar refractivity (Wildman–Crippen MR) is 127 cm³/mol. The predicted octanol–water partition coefficient (Wildman–Crippen LogP) is 4.04. The topological polar surface area (TPSA) is 52.7 Å². The molecule has 34 heavy (non-hydrogen) atoms. The van der Waals surface area contributed by atoms with E-state index in [9.17, 15) is 18.4 Å². The molecule has 2 aromatic carbocycles. The van der Waals surface area contributed by atoms with Gasteiger partial charge in [-0.25, -0.2) is 8.78 Å². The van der Waals surface area contributed by atoms with Crippen molar-refractivity contribution in [3.63, 3.8) is 0 Å². The highest BCUT2D eigenvalue weighted by Crippen LogP contribution is 2.24. The van der Waals surface area contributed by atoms with E-state index < -0.39 is 0 Å². The van der Waals surface area contributed by atoms with Crippen LogP contribution in [0.1, 0.15) is 42.4 Å². The Labute approximate surface area is 200 Å². The molecule has 2 aliphatic rings. The van der Waals surface area contributed by atoms with Crippen LogP contribution in [0.3, 0.4) is 0 Å². The third-order valence-electron chi connectivity index (χ3n) is 7.03. The highest BCUT2D eigenvalue weighted by atomic mass is 19.1. The van der Waals surface area contributed by atoms with Gasteiger partial charge in [0.1, 0.15) is 11.6 Å². The van der Waals surface area contributed by atoms with Gasteiger partial charge in [0.15, 0.2) is 0 Å². The zero-order chi connectivity index (χ0) is 24.1. The maximum Gasteiger partial charge on any atom is 0.226 e. The van der Waals surface area contributed by atoms with Gasteiger partial charge in [0, 0.05) is 38.6 Å². The number of carbonyl (C=O) groups excluding carboxylic acids is 2. The zero-order valence-corrected chi connectivity index (χ0v) is 19.7. The SMILES string of the molecule is Cc1ccc(CNC(=O)C2CCN(C(=O)C3CCCN(Cc4cccc(F)c4)C3)CC2)cc1F. The number of nitrogens with zero attached hydrogens (tertiary/aromatic N) is 2. The summed E-state index contributed by atoms with van der Waals surface area (Å²) in [4.78, 5) is 29.9. The fourth-order valence-corrected chi connectivity index (χ4v) is 4.99. The summed E-state index contributed by atoms with van der Waals surface area (Å²) < 4.78 is 27.2. The highest BCUT2D eigenvalue weighted by Gasteiger charge is 2.33. The summed E-state index contributed by atoms with van der Waals surface area (Å²) in [6.45, 7) is 5.42. The van der Waals surface area contributed by atoms with Gasteiger partial charge in [-0.1, -0.05) is 24.3 Å². The fourth-order valence-electron chi connectivity index (χ4n) is 4.99. The molecule has 0 aromatic heterocycles. The van der Waals surface area contributed by atoms with Gasteiger partial charge in [-0.3, -0.25) is 14.5 Å². The van der Waals surface area contributed by atoms with Crippen molar-refractivity contribution in [2.45, 2.75) is 45.7 Å². The van der Waals surface area contributed by atoms with Crippen LogP contribution in [-0.4, -0.2) is 47.8 Å². The van der Waals surface area contributed by atoms with Gasteiger partial charge in [0.05, 0.1) is 5.92 Å². The van der Waals surface area contributed by atoms with Gasteiger partial charge in [-0.15, -0.1) is 0 Å². The van der Waals surface area contributed by atoms with Gasteiger partial charge >= 0.3 is 0 Å². The molecule has 0 bridgehead atoms. The zero-order valence-electron chi connectivity index (χ0n) is 19.7. The average molecular weight is 470 g/mol. The van der Waals surface area contributed by atoms with Crippen molar-refractivity contribution in [1.29, 1.82) is 0 Å². The highest BCUT2D eigenvalue weighted by molar-refractivity contribution is 5.81. The molecule has 0 saturated carbocycles. The van der Waals surface area contributed by atoms with Crippen LogP contribution in [-0.2, 0) is 22.7 Å². The van der Waals surface area contributed by atoms with E-state index in [4.69, 9.17) is 0 Å². The molecule has 0 radical (unpaired) electrons. The Hall–Kier alpha value is -2.80. The number of piperidine rings is 2. The second-order valence-corrected chi connectivity index (χ2v) is 9.61. The molecule has 7 heteroatoms. The number of halogens is 2. The second-order valence-electron chi connectivity index (χ2n) is 9.61. The number of nitrogens with one attached hydrogen (secondary N) is 1. The minimum absolute atomic E-state index is 0.0352. The normalized spacial score (nSPS) is 19.7. The summed E-state index contributed by atoms with van der Waals surface area (Å²) in [5.74, 6) is -0.555. The van der Waals surface area contributed by atoms with Crippen LogP contribution < -0.4 is 5.32 Å². The molecule has 2 fully saturated rings. The number of amides is 2. The lowest BCUT2D eigenvalue weighted by Gasteiger charge is -2.37. The molecule has 2 amide bonds. The standard InChI is InChI=1S/C27H33F2N3O2/c1-19-7-8-20(15-25(19)29)16-30-26(33)22-9-12-32(13-10-22)27(34)23-5-3-11-31(18-23)17-21-4-2-6-24(28)14-21/h2,4,6-8,14-15,22-23H,3,5,9-13,16-18H2,1H3,(H,30,33). The van der Waals surface area contributed by atoms with Crippen LogP contribution in [0.15, 0.2) is 42.5 Å². The second kappa shape index (κ2) is 11.1. The molecule has 2 saturated heterocycles. The molecule has 2 aromatic rings. The molecular formula is C27H33F2N3O2. The molecule has 4 rings (SSSR count). The van der Waals surface area contributed by atoms with E-state index in [1.165, 1.54) is 12.1 Å². The Kier molecular flexibility index (Phi) is 7.93. The first-order chi connectivity index (χ1) is 16.4. The lowest BCUT2D eigenvalue weighted by atomic mass is 9.92. The van der Waals surface area contributed by atoms with Crippen molar-refractivity contribution in [2.24, 2.45) is 11.8 Å². The lowest BCUT2D eigenvalue weighted by molar-refractivity contribution is -0.140. The lowest BCUT2D eigenvalue weighted by Crippen LogP contribution is -2.48. The van der Waals surface area contributed by atoms with Crippen LogP contribution in [0.2, 0.25) is 0 Å². The Bertz CT molecular complexity index is 1020. The van der Waals surface area contributed by atoms with Crippen LogP contribution in [0.5, 0.6) is 0 Å². The number of hydrogen-bond acceptors (Lipinski definition) is 3. The maximum absolute atomic E-state index is 13.7. The Morgan fingerprint density at radius 1 is 0.971 bits per heavy atom. The first-order valence-electron chi connectivity index (χ1n) is 12.2. The summed E-state index contributed by atoms with van der Waals surface area (Å²) in [5.41, 5.74) is 2.25. The molecule has 1 atom stereocenters. The van der Waals surface area contributed by atoms with Crippen LogP contribution >= 0.6 is 0 Å². The van der Waals surface area contributed by atoms with E-state index in [0.717, 1.165) is 30.5 Å². The van der Waals surface area contributed by atoms with E-state index >= 15 is 0 Å². The molecule has 182 valence electrons. The summed E-state index contributed by atoms with van der Waals surface area (Å²) >= 11 is 0. The van der Waals surface area contributed by atoms with E-state index in [1.54, 1.807) is 25.1 Å². The van der Waals surface area contributed by atoms with Gasteiger partial charge in [0.25, 0.3) is 0 Å². The van der Waals surface area contributed by atoms with Crippen molar-refractivity contribution in [2.75, 3.05) is 26.2 Å². The largest absolute Gasteiger partial charge is 0.352 e. The maximum atomic E-state index is 13.7. The Morgan fingerprint density at radius 3 is 2.50 bits per heavy atom. The van der Waals surface area contributed by atoms with E-state index in [2.05, 4.69) is 10.2 Å². The number of carbonyl (C=O) groups is 2. The van der Waals surface area contributed by atoms with Gasteiger partial charge < -0.3 is 10.2 Å². The van der Waals surface area contributed by atoms with Gasteiger partial charge in [-0.05, 0) is 74.0 Å². The number of aryl methyl sites for hydroxylation is 1. The number of benzene rings is 2. The third kappa shape index (κ3) is 6.20.